The molecule has 0 unspecified atom stereocenters. The van der Waals surface area contributed by atoms with Gasteiger partial charge in [0, 0.05) is 50.3 Å². The van der Waals surface area contributed by atoms with Crippen LogP contribution in [0.3, 0.4) is 0 Å². The number of imidazole rings is 1. The van der Waals surface area contributed by atoms with Crippen molar-refractivity contribution in [3.05, 3.63) is 48.3 Å². The smallest absolute Gasteiger partial charge is 0.232 e. The largest absolute Gasteiger partial charge is 0.342 e. The number of hydrogen-bond acceptors (Lipinski definition) is 4. The van der Waals surface area contributed by atoms with E-state index in [-0.39, 0.29) is 5.91 Å². The fourth-order valence-corrected chi connectivity index (χ4v) is 3.87. The van der Waals surface area contributed by atoms with Gasteiger partial charge in [0.05, 0.1) is 5.75 Å². The van der Waals surface area contributed by atoms with Crippen LogP contribution in [0.4, 0.5) is 0 Å². The van der Waals surface area contributed by atoms with Crippen molar-refractivity contribution in [3.63, 3.8) is 0 Å². The van der Waals surface area contributed by atoms with Crippen LogP contribution in [0.25, 0.3) is 0 Å². The summed E-state index contributed by atoms with van der Waals surface area (Å²) in [5.74, 6) is 2.44. The van der Waals surface area contributed by atoms with Gasteiger partial charge in [-0.3, -0.25) is 9.78 Å². The lowest BCUT2D eigenvalue weighted by atomic mass is 9.96. The molecule has 0 spiro atoms. The molecule has 0 N–H and O–H groups in total. The van der Waals surface area contributed by atoms with E-state index < -0.39 is 0 Å². The number of hydrogen-bond donors (Lipinski definition) is 0. The molecule has 0 bridgehead atoms. The third-order valence-electron chi connectivity index (χ3n) is 4.60. The Morgan fingerprint density at radius 1 is 1.24 bits per heavy atom. The van der Waals surface area contributed by atoms with Gasteiger partial charge in [0.2, 0.25) is 5.91 Å². The molecule has 1 saturated heterocycles. The van der Waals surface area contributed by atoms with Gasteiger partial charge >= 0.3 is 0 Å². The molecule has 2 aromatic rings. The predicted molar refractivity (Wildman–Crippen MR) is 102 cm³/mol. The first-order valence-electron chi connectivity index (χ1n) is 8.93. The number of rotatable bonds is 6. The number of carbonyl (C=O) groups is 1. The Morgan fingerprint density at radius 3 is 2.64 bits per heavy atom. The monoisotopic (exact) mass is 358 g/mol. The molecule has 0 radical (unpaired) electrons. The highest BCUT2D eigenvalue weighted by Crippen LogP contribution is 2.27. The van der Waals surface area contributed by atoms with Gasteiger partial charge in [-0.2, -0.15) is 0 Å². The van der Waals surface area contributed by atoms with Crippen LogP contribution in [0.2, 0.25) is 0 Å². The lowest BCUT2D eigenvalue weighted by Gasteiger charge is -2.32. The maximum Gasteiger partial charge on any atom is 0.232 e. The molecule has 0 aliphatic carbocycles. The summed E-state index contributed by atoms with van der Waals surface area (Å²) in [5, 5.41) is 0.502. The molecule has 134 valence electrons. The van der Waals surface area contributed by atoms with Crippen LogP contribution in [0.15, 0.2) is 36.9 Å². The van der Waals surface area contributed by atoms with E-state index in [4.69, 9.17) is 0 Å². The Hall–Kier alpha value is -1.82. The fourth-order valence-electron chi connectivity index (χ4n) is 3.22. The Balaban J connectivity index is 1.57. The topological polar surface area (TPSA) is 51.0 Å². The summed E-state index contributed by atoms with van der Waals surface area (Å²) < 4.78 is 2.23. The standard InChI is InChI=1S/C19H26N4OS/c1-15(2)25-14-18(24)22-10-5-17(6-11-22)19-21-9-12-23(19)13-16-3-7-20-8-4-16/h3-4,7-9,12,15,17H,5-6,10-11,13-14H2,1-2H3. The molecule has 0 atom stereocenters. The van der Waals surface area contributed by atoms with Crippen molar-refractivity contribution in [1.29, 1.82) is 0 Å². The molecule has 5 nitrogen and oxygen atoms in total. The first-order valence-corrected chi connectivity index (χ1v) is 9.97. The van der Waals surface area contributed by atoms with E-state index in [0.717, 1.165) is 38.3 Å². The third-order valence-corrected chi connectivity index (χ3v) is 5.68. The SMILES string of the molecule is CC(C)SCC(=O)N1CCC(c2nccn2Cc2ccncc2)CC1. The highest BCUT2D eigenvalue weighted by molar-refractivity contribution is 8.00. The van der Waals surface area contributed by atoms with Crippen molar-refractivity contribution in [2.45, 2.75) is 44.4 Å². The van der Waals surface area contributed by atoms with Crippen LogP contribution >= 0.6 is 11.8 Å². The van der Waals surface area contributed by atoms with Gasteiger partial charge in [-0.25, -0.2) is 4.98 Å². The molecule has 25 heavy (non-hydrogen) atoms. The van der Waals surface area contributed by atoms with Gasteiger partial charge < -0.3 is 9.47 Å². The zero-order valence-electron chi connectivity index (χ0n) is 15.0. The normalized spacial score (nSPS) is 15.7. The molecule has 0 saturated carbocycles. The van der Waals surface area contributed by atoms with Gasteiger partial charge in [0.1, 0.15) is 5.82 Å². The number of thioether (sulfide) groups is 1. The van der Waals surface area contributed by atoms with E-state index in [1.165, 1.54) is 5.56 Å². The third kappa shape index (κ3) is 4.84. The highest BCUT2D eigenvalue weighted by atomic mass is 32.2. The summed E-state index contributed by atoms with van der Waals surface area (Å²) in [6.45, 7) is 6.76. The average Bonchev–Trinajstić information content (AvgIpc) is 3.08. The van der Waals surface area contributed by atoms with Crippen LogP contribution in [-0.2, 0) is 11.3 Å². The van der Waals surface area contributed by atoms with E-state index in [9.17, 15) is 4.79 Å². The van der Waals surface area contributed by atoms with Crippen molar-refractivity contribution in [3.8, 4) is 0 Å². The van der Waals surface area contributed by atoms with Crippen molar-refractivity contribution in [2.24, 2.45) is 0 Å². The quantitative estimate of drug-likeness (QED) is 0.796. The van der Waals surface area contributed by atoms with Gasteiger partial charge in [0.25, 0.3) is 0 Å². The van der Waals surface area contributed by atoms with Crippen LogP contribution in [0.1, 0.15) is 44.0 Å². The summed E-state index contributed by atoms with van der Waals surface area (Å²) >= 11 is 1.72. The zero-order valence-corrected chi connectivity index (χ0v) is 15.8. The van der Waals surface area contributed by atoms with Crippen molar-refractivity contribution in [1.82, 2.24) is 19.4 Å². The van der Waals surface area contributed by atoms with Crippen molar-refractivity contribution in [2.75, 3.05) is 18.8 Å². The number of pyridine rings is 1. The molecule has 3 heterocycles. The molecular weight excluding hydrogens is 332 g/mol. The molecule has 0 aromatic carbocycles. The second-order valence-electron chi connectivity index (χ2n) is 6.78. The number of amides is 1. The number of aromatic nitrogens is 3. The minimum Gasteiger partial charge on any atom is -0.342 e. The molecule has 1 amide bonds. The van der Waals surface area contributed by atoms with Gasteiger partial charge in [0.15, 0.2) is 0 Å². The van der Waals surface area contributed by atoms with Crippen LogP contribution in [0.5, 0.6) is 0 Å². The maximum absolute atomic E-state index is 12.3. The zero-order chi connectivity index (χ0) is 17.6. The van der Waals surface area contributed by atoms with Gasteiger partial charge in [-0.15, -0.1) is 11.8 Å². The predicted octanol–water partition coefficient (Wildman–Crippen LogP) is 3.17. The number of piperidine rings is 1. The molecule has 1 aliphatic rings. The van der Waals surface area contributed by atoms with E-state index in [0.29, 0.717) is 16.9 Å². The summed E-state index contributed by atoms with van der Waals surface area (Å²) in [4.78, 5) is 23.0. The lowest BCUT2D eigenvalue weighted by Crippen LogP contribution is -2.39. The molecule has 1 fully saturated rings. The molecular formula is C19H26N4OS. The lowest BCUT2D eigenvalue weighted by molar-refractivity contribution is -0.129. The first kappa shape index (κ1) is 18.0. The summed E-state index contributed by atoms with van der Waals surface area (Å²) in [6, 6.07) is 4.08. The van der Waals surface area contributed by atoms with E-state index in [1.807, 2.05) is 41.8 Å². The Kier molecular flexibility index (Phi) is 6.13. The first-order chi connectivity index (χ1) is 12.1. The number of likely N-dealkylation sites (tertiary alicyclic amines) is 1. The fraction of sp³-hybridized carbons (Fsp3) is 0.526. The second kappa shape index (κ2) is 8.52. The second-order valence-corrected chi connectivity index (χ2v) is 8.35. The Bertz CT molecular complexity index is 678. The average molecular weight is 359 g/mol. The van der Waals surface area contributed by atoms with E-state index in [2.05, 4.69) is 28.4 Å². The Labute approximate surface area is 153 Å². The van der Waals surface area contributed by atoms with Crippen molar-refractivity contribution < 1.29 is 4.79 Å². The minimum absolute atomic E-state index is 0.275. The van der Waals surface area contributed by atoms with Gasteiger partial charge in [-0.1, -0.05) is 13.8 Å². The minimum atomic E-state index is 0.275. The summed E-state index contributed by atoms with van der Waals surface area (Å²) in [5.41, 5.74) is 1.23. The number of nitrogens with zero attached hydrogens (tertiary/aromatic N) is 4. The van der Waals surface area contributed by atoms with Crippen LogP contribution in [-0.4, -0.2) is 49.4 Å². The van der Waals surface area contributed by atoms with Gasteiger partial charge in [-0.05, 0) is 35.8 Å². The maximum atomic E-state index is 12.3. The summed E-state index contributed by atoms with van der Waals surface area (Å²) in [6.07, 6.45) is 9.56. The van der Waals surface area contributed by atoms with E-state index >= 15 is 0 Å². The van der Waals surface area contributed by atoms with E-state index in [1.54, 1.807) is 11.8 Å². The Morgan fingerprint density at radius 2 is 1.96 bits per heavy atom. The number of carbonyl (C=O) groups excluding carboxylic acids is 1. The molecule has 3 rings (SSSR count). The highest BCUT2D eigenvalue weighted by Gasteiger charge is 2.26. The van der Waals surface area contributed by atoms with Crippen LogP contribution < -0.4 is 0 Å². The summed E-state index contributed by atoms with van der Waals surface area (Å²) in [7, 11) is 0. The molecule has 6 heteroatoms. The molecule has 2 aromatic heterocycles. The van der Waals surface area contributed by atoms with Crippen LogP contribution in [0, 0.1) is 0 Å². The molecule has 1 aliphatic heterocycles. The van der Waals surface area contributed by atoms with Crippen molar-refractivity contribution >= 4 is 17.7 Å².